The minimum absolute atomic E-state index is 0.0325. The third kappa shape index (κ3) is 1.78. The standard InChI is InChI=1S/C12H16ClNO/c1-12(2)6-10(15)11(14)8-5-7(13)3-4-9(8)12/h3-5,10-11,15H,6,14H2,1-2H3. The Labute approximate surface area is 95.1 Å². The Kier molecular flexibility index (Phi) is 2.53. The molecule has 0 saturated carbocycles. The first kappa shape index (κ1) is 10.9. The van der Waals surface area contributed by atoms with E-state index in [4.69, 9.17) is 17.3 Å². The van der Waals surface area contributed by atoms with Gasteiger partial charge in [0.2, 0.25) is 0 Å². The van der Waals surface area contributed by atoms with Crippen LogP contribution >= 0.6 is 11.6 Å². The zero-order chi connectivity index (χ0) is 11.2. The van der Waals surface area contributed by atoms with Gasteiger partial charge in [-0.1, -0.05) is 31.5 Å². The van der Waals surface area contributed by atoms with Crippen LogP contribution in [0.4, 0.5) is 0 Å². The highest BCUT2D eigenvalue weighted by atomic mass is 35.5. The molecule has 0 radical (unpaired) electrons. The van der Waals surface area contributed by atoms with E-state index in [1.54, 1.807) is 0 Å². The number of fused-ring (bicyclic) bond motifs is 1. The molecule has 3 heteroatoms. The van der Waals surface area contributed by atoms with Gasteiger partial charge in [0.1, 0.15) is 0 Å². The Bertz CT molecular complexity index is 389. The van der Waals surface area contributed by atoms with E-state index < -0.39 is 6.10 Å². The maximum absolute atomic E-state index is 9.88. The maximum Gasteiger partial charge on any atom is 0.0741 e. The van der Waals surface area contributed by atoms with Gasteiger partial charge in [-0.2, -0.15) is 0 Å². The van der Waals surface area contributed by atoms with Crippen LogP contribution in [0.25, 0.3) is 0 Å². The molecule has 0 aliphatic heterocycles. The topological polar surface area (TPSA) is 46.2 Å². The lowest BCUT2D eigenvalue weighted by Gasteiger charge is -2.39. The molecule has 3 N–H and O–H groups in total. The molecule has 0 bridgehead atoms. The van der Waals surface area contributed by atoms with E-state index in [1.807, 2.05) is 18.2 Å². The molecular formula is C12H16ClNO. The number of nitrogens with two attached hydrogens (primary N) is 1. The SMILES string of the molecule is CC1(C)CC(O)C(N)c2cc(Cl)ccc21. The van der Waals surface area contributed by atoms with Crippen LogP contribution < -0.4 is 5.73 Å². The third-order valence-corrected chi connectivity index (χ3v) is 3.47. The molecule has 2 unspecified atom stereocenters. The van der Waals surface area contributed by atoms with Crippen LogP contribution in [0.5, 0.6) is 0 Å². The third-order valence-electron chi connectivity index (χ3n) is 3.24. The van der Waals surface area contributed by atoms with Crippen molar-refractivity contribution in [2.24, 2.45) is 5.73 Å². The number of hydrogen-bond acceptors (Lipinski definition) is 2. The smallest absolute Gasteiger partial charge is 0.0741 e. The average Bonchev–Trinajstić information content (AvgIpc) is 2.13. The van der Waals surface area contributed by atoms with Gasteiger partial charge in [0, 0.05) is 5.02 Å². The quantitative estimate of drug-likeness (QED) is 0.712. The average molecular weight is 226 g/mol. The summed E-state index contributed by atoms with van der Waals surface area (Å²) >= 11 is 5.95. The summed E-state index contributed by atoms with van der Waals surface area (Å²) in [5, 5.41) is 10.6. The summed E-state index contributed by atoms with van der Waals surface area (Å²) in [6.45, 7) is 4.24. The summed E-state index contributed by atoms with van der Waals surface area (Å²) in [6.07, 6.45) is 0.217. The van der Waals surface area contributed by atoms with Crippen molar-refractivity contribution >= 4 is 11.6 Å². The Morgan fingerprint density at radius 2 is 2.13 bits per heavy atom. The second-order valence-electron chi connectivity index (χ2n) is 4.91. The highest BCUT2D eigenvalue weighted by molar-refractivity contribution is 6.30. The number of halogens is 1. The fourth-order valence-electron chi connectivity index (χ4n) is 2.39. The summed E-state index contributed by atoms with van der Waals surface area (Å²) in [7, 11) is 0. The van der Waals surface area contributed by atoms with E-state index in [0.29, 0.717) is 11.4 Å². The van der Waals surface area contributed by atoms with Crippen LogP contribution in [0.15, 0.2) is 18.2 Å². The zero-order valence-corrected chi connectivity index (χ0v) is 9.75. The Morgan fingerprint density at radius 1 is 1.47 bits per heavy atom. The molecule has 0 amide bonds. The van der Waals surface area contributed by atoms with Gasteiger partial charge in [-0.15, -0.1) is 0 Å². The van der Waals surface area contributed by atoms with Crippen LogP contribution in [0.1, 0.15) is 37.4 Å². The molecule has 0 spiro atoms. The van der Waals surface area contributed by atoms with Crippen molar-refractivity contribution in [2.45, 2.75) is 37.8 Å². The Balaban J connectivity index is 2.59. The van der Waals surface area contributed by atoms with E-state index >= 15 is 0 Å². The first-order valence-electron chi connectivity index (χ1n) is 5.15. The number of hydrogen-bond donors (Lipinski definition) is 2. The first-order valence-corrected chi connectivity index (χ1v) is 5.53. The van der Waals surface area contributed by atoms with Gasteiger partial charge in [0.25, 0.3) is 0 Å². The van der Waals surface area contributed by atoms with Crippen molar-refractivity contribution in [3.63, 3.8) is 0 Å². The molecule has 1 aliphatic carbocycles. The summed E-state index contributed by atoms with van der Waals surface area (Å²) in [5.41, 5.74) is 8.12. The first-order chi connectivity index (χ1) is 6.92. The van der Waals surface area contributed by atoms with Gasteiger partial charge in [0.15, 0.2) is 0 Å². The molecule has 1 aromatic carbocycles. The van der Waals surface area contributed by atoms with E-state index in [2.05, 4.69) is 13.8 Å². The number of aliphatic hydroxyl groups is 1. The molecule has 2 nitrogen and oxygen atoms in total. The van der Waals surface area contributed by atoms with E-state index in [0.717, 1.165) is 5.56 Å². The minimum Gasteiger partial charge on any atom is -0.391 e. The van der Waals surface area contributed by atoms with E-state index in [-0.39, 0.29) is 11.5 Å². The predicted octanol–water partition coefficient (Wildman–Crippen LogP) is 2.38. The maximum atomic E-state index is 9.88. The highest BCUT2D eigenvalue weighted by Gasteiger charge is 2.36. The lowest BCUT2D eigenvalue weighted by Crippen LogP contribution is -2.39. The van der Waals surface area contributed by atoms with Gasteiger partial charge >= 0.3 is 0 Å². The lowest BCUT2D eigenvalue weighted by molar-refractivity contribution is 0.0995. The molecule has 82 valence electrons. The summed E-state index contributed by atoms with van der Waals surface area (Å²) in [5.74, 6) is 0. The summed E-state index contributed by atoms with van der Waals surface area (Å²) in [4.78, 5) is 0. The number of aliphatic hydroxyl groups excluding tert-OH is 1. The minimum atomic E-state index is -0.481. The molecule has 2 rings (SSSR count). The molecular weight excluding hydrogens is 210 g/mol. The Morgan fingerprint density at radius 3 is 2.80 bits per heavy atom. The van der Waals surface area contributed by atoms with Gasteiger partial charge in [-0.05, 0) is 35.1 Å². The summed E-state index contributed by atoms with van der Waals surface area (Å²) < 4.78 is 0. The highest BCUT2D eigenvalue weighted by Crippen LogP contribution is 2.41. The molecule has 1 aliphatic rings. The van der Waals surface area contributed by atoms with Crippen molar-refractivity contribution in [3.8, 4) is 0 Å². The second-order valence-corrected chi connectivity index (χ2v) is 5.35. The van der Waals surface area contributed by atoms with Crippen molar-refractivity contribution < 1.29 is 5.11 Å². The molecule has 0 heterocycles. The van der Waals surface area contributed by atoms with Crippen molar-refractivity contribution in [1.82, 2.24) is 0 Å². The van der Waals surface area contributed by atoms with Crippen LogP contribution in [0.3, 0.4) is 0 Å². The second kappa shape index (κ2) is 3.48. The zero-order valence-electron chi connectivity index (χ0n) is 9.00. The fraction of sp³-hybridized carbons (Fsp3) is 0.500. The Hall–Kier alpha value is -0.570. The van der Waals surface area contributed by atoms with Crippen LogP contribution in [-0.2, 0) is 5.41 Å². The number of benzene rings is 1. The largest absolute Gasteiger partial charge is 0.391 e. The molecule has 0 fully saturated rings. The molecule has 0 aromatic heterocycles. The van der Waals surface area contributed by atoms with Gasteiger partial charge in [0.05, 0.1) is 12.1 Å². The fourth-order valence-corrected chi connectivity index (χ4v) is 2.57. The van der Waals surface area contributed by atoms with Crippen LogP contribution in [-0.4, -0.2) is 11.2 Å². The van der Waals surface area contributed by atoms with Crippen molar-refractivity contribution in [1.29, 1.82) is 0 Å². The number of rotatable bonds is 0. The molecule has 2 atom stereocenters. The molecule has 1 aromatic rings. The van der Waals surface area contributed by atoms with Crippen LogP contribution in [0, 0.1) is 0 Å². The van der Waals surface area contributed by atoms with E-state index in [9.17, 15) is 5.11 Å². The van der Waals surface area contributed by atoms with Crippen molar-refractivity contribution in [3.05, 3.63) is 34.3 Å². The van der Waals surface area contributed by atoms with E-state index in [1.165, 1.54) is 5.56 Å². The normalized spacial score (nSPS) is 28.6. The van der Waals surface area contributed by atoms with Crippen molar-refractivity contribution in [2.75, 3.05) is 0 Å². The van der Waals surface area contributed by atoms with Gasteiger partial charge < -0.3 is 10.8 Å². The van der Waals surface area contributed by atoms with Gasteiger partial charge in [-0.3, -0.25) is 0 Å². The lowest BCUT2D eigenvalue weighted by atomic mass is 9.70. The molecule has 15 heavy (non-hydrogen) atoms. The monoisotopic (exact) mass is 225 g/mol. The van der Waals surface area contributed by atoms with Gasteiger partial charge in [-0.25, -0.2) is 0 Å². The molecule has 0 saturated heterocycles. The summed E-state index contributed by atoms with van der Waals surface area (Å²) in [6, 6.07) is 5.45. The predicted molar refractivity (Wildman–Crippen MR) is 62.0 cm³/mol. The van der Waals surface area contributed by atoms with Crippen LogP contribution in [0.2, 0.25) is 5.02 Å².